The van der Waals surface area contributed by atoms with E-state index in [9.17, 15) is 13.5 Å². The summed E-state index contributed by atoms with van der Waals surface area (Å²) in [7, 11) is -2.04. The van der Waals surface area contributed by atoms with E-state index >= 15 is 0 Å². The number of aryl methyl sites for hydroxylation is 2. The Morgan fingerprint density at radius 1 is 1.27 bits per heavy atom. The van der Waals surface area contributed by atoms with E-state index in [1.807, 2.05) is 6.07 Å². The fourth-order valence-electron chi connectivity index (χ4n) is 2.35. The van der Waals surface area contributed by atoms with Gasteiger partial charge in [-0.05, 0) is 26.3 Å². The third-order valence-electron chi connectivity index (χ3n) is 3.71. The summed E-state index contributed by atoms with van der Waals surface area (Å²) in [5, 5.41) is 14.6. The molecule has 1 aromatic carbocycles. The van der Waals surface area contributed by atoms with Crippen LogP contribution in [0.5, 0.6) is 0 Å². The SMILES string of the molecule is Cc1nn(C)c(C)c1S(=O)(=O)NC[C@](C)(O)c1ccccc1. The van der Waals surface area contributed by atoms with Crippen LogP contribution in [0, 0.1) is 13.8 Å². The lowest BCUT2D eigenvalue weighted by Crippen LogP contribution is -2.38. The highest BCUT2D eigenvalue weighted by Crippen LogP contribution is 2.22. The minimum absolute atomic E-state index is 0.118. The van der Waals surface area contributed by atoms with Crippen LogP contribution in [-0.4, -0.2) is 29.8 Å². The standard InChI is InChI=1S/C15H21N3O3S/c1-11-14(12(2)18(4)17-11)22(20,21)16-10-15(3,19)13-8-6-5-7-9-13/h5-9,16,19H,10H2,1-4H3/t15-/m0/s1. The first kappa shape index (κ1) is 16.7. The van der Waals surface area contributed by atoms with Gasteiger partial charge in [0.05, 0.1) is 11.4 Å². The molecule has 1 heterocycles. The second-order valence-electron chi connectivity index (χ2n) is 5.59. The van der Waals surface area contributed by atoms with Crippen molar-refractivity contribution in [3.05, 3.63) is 47.3 Å². The highest BCUT2D eigenvalue weighted by atomic mass is 32.2. The Hall–Kier alpha value is -1.70. The average molecular weight is 323 g/mol. The maximum Gasteiger partial charge on any atom is 0.244 e. The van der Waals surface area contributed by atoms with Crippen molar-refractivity contribution in [2.75, 3.05) is 6.54 Å². The Bertz CT molecular complexity index is 765. The van der Waals surface area contributed by atoms with Gasteiger partial charge >= 0.3 is 0 Å². The normalized spacial score (nSPS) is 14.8. The van der Waals surface area contributed by atoms with Gasteiger partial charge in [0.15, 0.2) is 0 Å². The van der Waals surface area contributed by atoms with Gasteiger partial charge in [0, 0.05) is 13.6 Å². The fourth-order valence-corrected chi connectivity index (χ4v) is 3.92. The maximum atomic E-state index is 12.5. The van der Waals surface area contributed by atoms with Gasteiger partial charge in [-0.1, -0.05) is 30.3 Å². The summed E-state index contributed by atoms with van der Waals surface area (Å²) >= 11 is 0. The summed E-state index contributed by atoms with van der Waals surface area (Å²) in [6.45, 7) is 4.81. The lowest BCUT2D eigenvalue weighted by molar-refractivity contribution is 0.0627. The Kier molecular flexibility index (Phi) is 4.42. The van der Waals surface area contributed by atoms with Gasteiger partial charge in [-0.2, -0.15) is 5.10 Å². The zero-order valence-electron chi connectivity index (χ0n) is 13.2. The van der Waals surface area contributed by atoms with Crippen LogP contribution in [0.4, 0.5) is 0 Å². The van der Waals surface area contributed by atoms with Crippen LogP contribution in [0.3, 0.4) is 0 Å². The van der Waals surface area contributed by atoms with Crippen LogP contribution < -0.4 is 4.72 Å². The first-order valence-electron chi connectivity index (χ1n) is 6.93. The van der Waals surface area contributed by atoms with Crippen molar-refractivity contribution in [1.29, 1.82) is 0 Å². The van der Waals surface area contributed by atoms with Crippen molar-refractivity contribution < 1.29 is 13.5 Å². The molecule has 0 radical (unpaired) electrons. The molecule has 1 atom stereocenters. The molecule has 0 aliphatic heterocycles. The van der Waals surface area contributed by atoms with Crippen molar-refractivity contribution in [1.82, 2.24) is 14.5 Å². The molecule has 0 unspecified atom stereocenters. The molecule has 0 aliphatic carbocycles. The van der Waals surface area contributed by atoms with Crippen LogP contribution >= 0.6 is 0 Å². The topological polar surface area (TPSA) is 84.2 Å². The van der Waals surface area contributed by atoms with E-state index in [0.29, 0.717) is 17.0 Å². The smallest absolute Gasteiger partial charge is 0.244 e. The van der Waals surface area contributed by atoms with Gasteiger partial charge in [-0.3, -0.25) is 4.68 Å². The lowest BCUT2D eigenvalue weighted by atomic mass is 9.97. The molecule has 0 amide bonds. The molecule has 0 saturated heterocycles. The molecule has 0 fully saturated rings. The number of sulfonamides is 1. The lowest BCUT2D eigenvalue weighted by Gasteiger charge is -2.24. The Labute approximate surface area is 130 Å². The third-order valence-corrected chi connectivity index (χ3v) is 5.37. The van der Waals surface area contributed by atoms with Crippen molar-refractivity contribution in [2.45, 2.75) is 31.3 Å². The van der Waals surface area contributed by atoms with Crippen LogP contribution in [-0.2, 0) is 22.7 Å². The van der Waals surface area contributed by atoms with Crippen molar-refractivity contribution >= 4 is 10.0 Å². The number of benzene rings is 1. The number of nitrogens with one attached hydrogen (secondary N) is 1. The van der Waals surface area contributed by atoms with Crippen LogP contribution in [0.15, 0.2) is 35.2 Å². The molecular formula is C15H21N3O3S. The van der Waals surface area contributed by atoms with E-state index in [-0.39, 0.29) is 11.4 Å². The maximum absolute atomic E-state index is 12.5. The van der Waals surface area contributed by atoms with Gasteiger partial charge in [-0.15, -0.1) is 0 Å². The second kappa shape index (κ2) is 5.83. The zero-order chi connectivity index (χ0) is 16.5. The predicted molar refractivity (Wildman–Crippen MR) is 83.9 cm³/mol. The van der Waals surface area contributed by atoms with E-state index in [1.54, 1.807) is 52.1 Å². The molecule has 0 aliphatic rings. The molecule has 120 valence electrons. The first-order chi connectivity index (χ1) is 10.1. The van der Waals surface area contributed by atoms with Gasteiger partial charge in [0.1, 0.15) is 10.5 Å². The van der Waals surface area contributed by atoms with Gasteiger partial charge in [-0.25, -0.2) is 13.1 Å². The van der Waals surface area contributed by atoms with E-state index in [0.717, 1.165) is 0 Å². The van der Waals surface area contributed by atoms with Gasteiger partial charge < -0.3 is 5.11 Å². The molecule has 7 heteroatoms. The number of hydrogen-bond acceptors (Lipinski definition) is 4. The zero-order valence-corrected chi connectivity index (χ0v) is 14.0. The molecule has 1 aromatic heterocycles. The molecule has 2 aromatic rings. The van der Waals surface area contributed by atoms with E-state index in [1.165, 1.54) is 4.68 Å². The number of aromatic nitrogens is 2. The summed E-state index contributed by atoms with van der Waals surface area (Å²) in [6, 6.07) is 8.96. The van der Waals surface area contributed by atoms with Crippen molar-refractivity contribution in [3.8, 4) is 0 Å². The summed E-state index contributed by atoms with van der Waals surface area (Å²) in [5.74, 6) is 0. The van der Waals surface area contributed by atoms with Crippen LogP contribution in [0.25, 0.3) is 0 Å². The summed E-state index contributed by atoms with van der Waals surface area (Å²) in [6.07, 6.45) is 0. The number of aliphatic hydroxyl groups is 1. The summed E-state index contributed by atoms with van der Waals surface area (Å²) in [4.78, 5) is 0.166. The van der Waals surface area contributed by atoms with Crippen LogP contribution in [0.1, 0.15) is 23.9 Å². The van der Waals surface area contributed by atoms with Gasteiger partial charge in [0.2, 0.25) is 10.0 Å². The first-order valence-corrected chi connectivity index (χ1v) is 8.41. The van der Waals surface area contributed by atoms with E-state index < -0.39 is 15.6 Å². The van der Waals surface area contributed by atoms with Crippen molar-refractivity contribution in [3.63, 3.8) is 0 Å². The van der Waals surface area contributed by atoms with Crippen LogP contribution in [0.2, 0.25) is 0 Å². The number of hydrogen-bond donors (Lipinski definition) is 2. The molecule has 2 N–H and O–H groups in total. The fraction of sp³-hybridized carbons (Fsp3) is 0.400. The highest BCUT2D eigenvalue weighted by Gasteiger charge is 2.29. The summed E-state index contributed by atoms with van der Waals surface area (Å²) < 4.78 is 29.0. The van der Waals surface area contributed by atoms with Crippen molar-refractivity contribution in [2.24, 2.45) is 7.05 Å². The molecule has 0 bridgehead atoms. The number of nitrogens with zero attached hydrogens (tertiary/aromatic N) is 2. The van der Waals surface area contributed by atoms with E-state index in [2.05, 4.69) is 9.82 Å². The Morgan fingerprint density at radius 3 is 2.36 bits per heavy atom. The largest absolute Gasteiger partial charge is 0.384 e. The number of rotatable bonds is 5. The average Bonchev–Trinajstić information content (AvgIpc) is 2.72. The van der Waals surface area contributed by atoms with E-state index in [4.69, 9.17) is 0 Å². The van der Waals surface area contributed by atoms with Gasteiger partial charge in [0.25, 0.3) is 0 Å². The molecule has 0 saturated carbocycles. The quantitative estimate of drug-likeness (QED) is 0.866. The molecule has 0 spiro atoms. The molecule has 6 nitrogen and oxygen atoms in total. The molecular weight excluding hydrogens is 302 g/mol. The second-order valence-corrected chi connectivity index (χ2v) is 7.29. The highest BCUT2D eigenvalue weighted by molar-refractivity contribution is 7.89. The third kappa shape index (κ3) is 3.21. The minimum atomic E-state index is -3.74. The summed E-state index contributed by atoms with van der Waals surface area (Å²) in [5.41, 5.74) is 0.353. The minimum Gasteiger partial charge on any atom is -0.384 e. The molecule has 2 rings (SSSR count). The Morgan fingerprint density at radius 2 is 1.86 bits per heavy atom. The molecule has 22 heavy (non-hydrogen) atoms. The predicted octanol–water partition coefficient (Wildman–Crippen LogP) is 1.22. The monoisotopic (exact) mass is 323 g/mol. The Balaban J connectivity index is 2.23.